The maximum absolute atomic E-state index is 13.7. The third-order valence-corrected chi connectivity index (χ3v) is 4.17. The van der Waals surface area contributed by atoms with Gasteiger partial charge >= 0.3 is 0 Å². The molecule has 1 aliphatic rings. The summed E-state index contributed by atoms with van der Waals surface area (Å²) in [5.74, 6) is -0.931. The summed E-state index contributed by atoms with van der Waals surface area (Å²) in [5, 5.41) is 2.94. The molecule has 24 heavy (non-hydrogen) atoms. The van der Waals surface area contributed by atoms with Crippen LogP contribution in [0.4, 0.5) is 4.39 Å². The fraction of sp³-hybridized carbons (Fsp3) is 0.529. The molecule has 3 N–H and O–H groups in total. The number of hydrogen-bond acceptors (Lipinski definition) is 3. The van der Waals surface area contributed by atoms with Gasteiger partial charge in [-0.15, -0.1) is 12.4 Å². The molecular formula is C17H25ClFN3O2. The molecule has 1 aliphatic heterocycles. The summed E-state index contributed by atoms with van der Waals surface area (Å²) < 4.78 is 13.7. The Kier molecular flexibility index (Phi) is 8.15. The number of benzene rings is 1. The van der Waals surface area contributed by atoms with Crippen molar-refractivity contribution >= 4 is 24.2 Å². The number of nitrogens with two attached hydrogens (primary N) is 1. The Morgan fingerprint density at radius 2 is 1.96 bits per heavy atom. The van der Waals surface area contributed by atoms with Crippen LogP contribution in [0.15, 0.2) is 24.3 Å². The van der Waals surface area contributed by atoms with Crippen molar-refractivity contribution in [2.24, 2.45) is 5.73 Å². The molecule has 1 aromatic rings. The van der Waals surface area contributed by atoms with Crippen LogP contribution in [0, 0.1) is 5.82 Å². The summed E-state index contributed by atoms with van der Waals surface area (Å²) in [4.78, 5) is 25.9. The molecule has 1 atom stereocenters. The first kappa shape index (κ1) is 20.4. The summed E-state index contributed by atoms with van der Waals surface area (Å²) in [6, 6.07) is 5.55. The number of carbonyl (C=O) groups excluding carboxylic acids is 2. The zero-order chi connectivity index (χ0) is 16.8. The fourth-order valence-electron chi connectivity index (χ4n) is 2.78. The topological polar surface area (TPSA) is 75.4 Å². The van der Waals surface area contributed by atoms with E-state index < -0.39 is 11.9 Å². The summed E-state index contributed by atoms with van der Waals surface area (Å²) in [5.41, 5.74) is 5.89. The van der Waals surface area contributed by atoms with Crippen LogP contribution in [0.3, 0.4) is 0 Å². The van der Waals surface area contributed by atoms with Crippen LogP contribution in [0.5, 0.6) is 0 Å². The van der Waals surface area contributed by atoms with Gasteiger partial charge in [0.2, 0.25) is 5.91 Å². The van der Waals surface area contributed by atoms with Gasteiger partial charge < -0.3 is 16.0 Å². The minimum absolute atomic E-state index is 0. The minimum atomic E-state index is -0.501. The van der Waals surface area contributed by atoms with Gasteiger partial charge in [0.25, 0.3) is 5.91 Å². The van der Waals surface area contributed by atoms with Gasteiger partial charge in [-0.1, -0.05) is 25.5 Å². The highest BCUT2D eigenvalue weighted by atomic mass is 35.5. The molecule has 7 heteroatoms. The number of hydrogen-bond donors (Lipinski definition) is 2. The predicted octanol–water partition coefficient (Wildman–Crippen LogP) is 2.10. The quantitative estimate of drug-likeness (QED) is 0.847. The van der Waals surface area contributed by atoms with E-state index in [0.29, 0.717) is 32.4 Å². The van der Waals surface area contributed by atoms with Crippen LogP contribution in [-0.4, -0.2) is 41.9 Å². The highest BCUT2D eigenvalue weighted by Gasteiger charge is 2.26. The molecular weight excluding hydrogens is 333 g/mol. The maximum Gasteiger partial charge on any atom is 0.256 e. The second-order valence-corrected chi connectivity index (χ2v) is 5.95. The Morgan fingerprint density at radius 3 is 2.54 bits per heavy atom. The number of amides is 2. The normalized spacial score (nSPS) is 16.2. The number of halogens is 2. The highest BCUT2D eigenvalue weighted by molar-refractivity contribution is 5.94. The molecule has 0 spiro atoms. The Bertz CT molecular complexity index is 563. The van der Waals surface area contributed by atoms with E-state index in [-0.39, 0.29) is 35.8 Å². The molecule has 1 saturated heterocycles. The third-order valence-electron chi connectivity index (χ3n) is 4.17. The van der Waals surface area contributed by atoms with Crippen LogP contribution < -0.4 is 11.1 Å². The molecule has 0 radical (unpaired) electrons. The van der Waals surface area contributed by atoms with Crippen LogP contribution in [0.25, 0.3) is 0 Å². The molecule has 1 aromatic carbocycles. The van der Waals surface area contributed by atoms with Gasteiger partial charge in [0, 0.05) is 19.1 Å². The lowest BCUT2D eigenvalue weighted by Crippen LogP contribution is -2.50. The molecule has 1 fully saturated rings. The van der Waals surface area contributed by atoms with E-state index in [1.165, 1.54) is 12.1 Å². The zero-order valence-corrected chi connectivity index (χ0v) is 14.7. The Hall–Kier alpha value is -1.66. The summed E-state index contributed by atoms with van der Waals surface area (Å²) in [6.45, 7) is 2.99. The van der Waals surface area contributed by atoms with Gasteiger partial charge in [-0.2, -0.15) is 0 Å². The predicted molar refractivity (Wildman–Crippen MR) is 93.6 cm³/mol. The number of nitrogens with one attached hydrogen (secondary N) is 1. The molecule has 134 valence electrons. The summed E-state index contributed by atoms with van der Waals surface area (Å²) in [7, 11) is 0. The van der Waals surface area contributed by atoms with E-state index in [9.17, 15) is 14.0 Å². The SMILES string of the molecule is CCCC(N)C(=O)NC1CCN(C(=O)c2ccccc2F)CC1.Cl. The van der Waals surface area contributed by atoms with Crippen LogP contribution in [0.1, 0.15) is 43.0 Å². The molecule has 2 amide bonds. The second-order valence-electron chi connectivity index (χ2n) is 5.95. The van der Waals surface area contributed by atoms with Gasteiger partial charge in [-0.05, 0) is 31.4 Å². The van der Waals surface area contributed by atoms with Gasteiger partial charge in [0.05, 0.1) is 11.6 Å². The van der Waals surface area contributed by atoms with Crippen molar-refractivity contribution in [2.45, 2.75) is 44.7 Å². The monoisotopic (exact) mass is 357 g/mol. The number of rotatable bonds is 5. The van der Waals surface area contributed by atoms with Crippen molar-refractivity contribution in [1.29, 1.82) is 0 Å². The average Bonchev–Trinajstić information content (AvgIpc) is 2.55. The van der Waals surface area contributed by atoms with Gasteiger partial charge in [0.15, 0.2) is 0 Å². The molecule has 0 bridgehead atoms. The first-order valence-corrected chi connectivity index (χ1v) is 8.12. The van der Waals surface area contributed by atoms with E-state index in [1.54, 1.807) is 17.0 Å². The molecule has 1 heterocycles. The van der Waals surface area contributed by atoms with E-state index in [1.807, 2.05) is 6.92 Å². The maximum atomic E-state index is 13.7. The van der Waals surface area contributed by atoms with Crippen molar-refractivity contribution < 1.29 is 14.0 Å². The average molecular weight is 358 g/mol. The number of likely N-dealkylation sites (tertiary alicyclic amines) is 1. The first-order valence-electron chi connectivity index (χ1n) is 8.12. The lowest BCUT2D eigenvalue weighted by molar-refractivity contribution is -0.123. The summed E-state index contributed by atoms with van der Waals surface area (Å²) in [6.07, 6.45) is 2.84. The largest absolute Gasteiger partial charge is 0.352 e. The van der Waals surface area contributed by atoms with Crippen molar-refractivity contribution in [2.75, 3.05) is 13.1 Å². The molecule has 0 saturated carbocycles. The lowest BCUT2D eigenvalue weighted by atomic mass is 10.0. The van der Waals surface area contributed by atoms with Gasteiger partial charge in [-0.25, -0.2) is 4.39 Å². The van der Waals surface area contributed by atoms with E-state index in [2.05, 4.69) is 5.32 Å². The van der Waals surface area contributed by atoms with Crippen LogP contribution in [0.2, 0.25) is 0 Å². The van der Waals surface area contributed by atoms with E-state index >= 15 is 0 Å². The number of carbonyl (C=O) groups is 2. The fourth-order valence-corrected chi connectivity index (χ4v) is 2.78. The van der Waals surface area contributed by atoms with Gasteiger partial charge in [0.1, 0.15) is 5.82 Å². The zero-order valence-electron chi connectivity index (χ0n) is 13.8. The van der Waals surface area contributed by atoms with E-state index in [4.69, 9.17) is 5.73 Å². The molecule has 2 rings (SSSR count). The Labute approximate surface area is 148 Å². The molecule has 0 aromatic heterocycles. The number of piperidine rings is 1. The van der Waals surface area contributed by atoms with Crippen molar-refractivity contribution in [3.8, 4) is 0 Å². The molecule has 1 unspecified atom stereocenters. The minimum Gasteiger partial charge on any atom is -0.352 e. The molecule has 0 aliphatic carbocycles. The number of nitrogens with zero attached hydrogens (tertiary/aromatic N) is 1. The Morgan fingerprint density at radius 1 is 1.33 bits per heavy atom. The van der Waals surface area contributed by atoms with Crippen LogP contribution in [-0.2, 0) is 4.79 Å². The van der Waals surface area contributed by atoms with Crippen molar-refractivity contribution in [3.63, 3.8) is 0 Å². The van der Waals surface area contributed by atoms with Crippen LogP contribution >= 0.6 is 12.4 Å². The lowest BCUT2D eigenvalue weighted by Gasteiger charge is -2.33. The van der Waals surface area contributed by atoms with Crippen molar-refractivity contribution in [1.82, 2.24) is 10.2 Å². The van der Waals surface area contributed by atoms with Gasteiger partial charge in [-0.3, -0.25) is 9.59 Å². The van der Waals surface area contributed by atoms with Crippen molar-refractivity contribution in [3.05, 3.63) is 35.6 Å². The second kappa shape index (κ2) is 9.59. The standard InChI is InChI=1S/C17H24FN3O2.ClH/c1-2-5-15(19)16(22)20-12-8-10-21(11-9-12)17(23)13-6-3-4-7-14(13)18;/h3-4,6-7,12,15H,2,5,8-11,19H2,1H3,(H,20,22);1H. The third kappa shape index (κ3) is 5.18. The van der Waals surface area contributed by atoms with E-state index in [0.717, 1.165) is 6.42 Å². The Balaban J connectivity index is 0.00000288. The first-order chi connectivity index (χ1) is 11.0. The highest BCUT2D eigenvalue weighted by Crippen LogP contribution is 2.16. The smallest absolute Gasteiger partial charge is 0.256 e. The molecule has 5 nitrogen and oxygen atoms in total. The summed E-state index contributed by atoms with van der Waals surface area (Å²) >= 11 is 0.